The number of aliphatic carboxylic acids is 2. The lowest BCUT2D eigenvalue weighted by molar-refractivity contribution is -0.138. The Morgan fingerprint density at radius 3 is 2.23 bits per heavy atom. The Hall–Kier alpha value is -6.38. The minimum absolute atomic E-state index is 0.0153. The number of hydrogen-bond donors (Lipinski definition) is 3. The zero-order valence-electron chi connectivity index (χ0n) is 30.6. The van der Waals surface area contributed by atoms with Crippen LogP contribution in [-0.4, -0.2) is 64.9 Å². The molecule has 0 atom stereocenters. The molecule has 0 amide bonds. The largest absolute Gasteiger partial charge is 0.493 e. The van der Waals surface area contributed by atoms with Crippen LogP contribution in [0.1, 0.15) is 26.7 Å². The number of H-pyrrole nitrogens is 1. The van der Waals surface area contributed by atoms with Crippen LogP contribution in [0, 0.1) is 13.8 Å². The van der Waals surface area contributed by atoms with Crippen LogP contribution in [0.25, 0.3) is 43.1 Å². The third-order valence-electron chi connectivity index (χ3n) is 8.92. The van der Waals surface area contributed by atoms with E-state index in [9.17, 15) is 9.59 Å². The molecule has 8 aromatic rings. The summed E-state index contributed by atoms with van der Waals surface area (Å²) < 4.78 is 13.5. The lowest BCUT2D eigenvalue weighted by Crippen LogP contribution is -2.07. The van der Waals surface area contributed by atoms with Crippen LogP contribution in [0.5, 0.6) is 11.5 Å². The Bertz CT molecular complexity index is 2600. The molecule has 0 aliphatic carbocycles. The van der Waals surface area contributed by atoms with E-state index in [0.717, 1.165) is 71.5 Å². The predicted molar refractivity (Wildman–Crippen MR) is 218 cm³/mol. The van der Waals surface area contributed by atoms with E-state index in [1.165, 1.54) is 9.75 Å². The highest BCUT2D eigenvalue weighted by Gasteiger charge is 2.13. The van der Waals surface area contributed by atoms with E-state index < -0.39 is 11.9 Å². The van der Waals surface area contributed by atoms with Gasteiger partial charge in [0.25, 0.3) is 0 Å². The highest BCUT2D eigenvalue weighted by Crippen LogP contribution is 2.29. The number of nitrogens with zero attached hydrogens (tertiary/aromatic N) is 5. The van der Waals surface area contributed by atoms with Gasteiger partial charge in [0, 0.05) is 80.9 Å². The van der Waals surface area contributed by atoms with Gasteiger partial charge >= 0.3 is 11.9 Å². The number of ether oxygens (including phenoxy) is 2. The van der Waals surface area contributed by atoms with Crippen LogP contribution >= 0.6 is 22.7 Å². The number of pyridine rings is 2. The SMILES string of the molecule is Cc1sc(-c2ccccn2)nc1CCOc1ccc2c(ccn2CC(=O)O)c1.Cc1sc(-c2cccnc2)nc1CCOc1ccc2[nH]cc(CC(=O)O)c2c1. The van der Waals surface area contributed by atoms with Crippen LogP contribution in [0.3, 0.4) is 0 Å². The molecular weight excluding hydrogens is 749 g/mol. The summed E-state index contributed by atoms with van der Waals surface area (Å²) >= 11 is 3.30. The fourth-order valence-electron chi connectivity index (χ4n) is 6.17. The number of hydrogen-bond acceptors (Lipinski definition) is 10. The summed E-state index contributed by atoms with van der Waals surface area (Å²) in [6.45, 7) is 5.10. The number of benzene rings is 2. The summed E-state index contributed by atoms with van der Waals surface area (Å²) in [5.74, 6) is -0.227. The number of carbonyl (C=O) groups is 2. The first-order valence-corrected chi connectivity index (χ1v) is 19.5. The standard InChI is InChI=1S/2C21H19N3O3S/c1-13-18(24-21(28-13)14-3-2-7-22-11-14)6-8-27-16-4-5-19-17(10-16)15(12-23-19)9-20(25)26;1-14-17(23-21(28-14)18-4-2-3-9-22-18)8-11-27-16-5-6-19-15(12-16)7-10-24(19)13-20(25)26/h2-5,7,10-12,23H,6,8-9H2,1H3,(H,25,26);2-7,9-10,12H,8,11,13H2,1H3,(H,25,26). The molecule has 0 radical (unpaired) electrons. The van der Waals surface area contributed by atoms with Gasteiger partial charge in [0.1, 0.15) is 28.1 Å². The number of carboxylic acid groups (broad SMARTS) is 2. The minimum Gasteiger partial charge on any atom is -0.493 e. The molecule has 0 fully saturated rings. The van der Waals surface area contributed by atoms with Crippen LogP contribution in [0.2, 0.25) is 0 Å². The third-order valence-corrected chi connectivity index (χ3v) is 11.0. The molecule has 56 heavy (non-hydrogen) atoms. The van der Waals surface area contributed by atoms with Gasteiger partial charge in [-0.25, -0.2) is 9.97 Å². The summed E-state index contributed by atoms with van der Waals surface area (Å²) in [6.07, 6.45) is 10.3. The van der Waals surface area contributed by atoms with E-state index >= 15 is 0 Å². The molecular formula is C42H38N6O6S2. The van der Waals surface area contributed by atoms with Crippen molar-refractivity contribution in [1.82, 2.24) is 29.5 Å². The quantitative estimate of drug-likeness (QED) is 0.0975. The molecule has 6 aromatic heterocycles. The lowest BCUT2D eigenvalue weighted by atomic mass is 10.1. The average Bonchev–Trinajstić information content (AvgIpc) is 3.98. The van der Waals surface area contributed by atoms with Crippen molar-refractivity contribution in [1.29, 1.82) is 0 Å². The Labute approximate surface area is 330 Å². The zero-order valence-corrected chi connectivity index (χ0v) is 32.3. The molecule has 0 saturated carbocycles. The van der Waals surface area contributed by atoms with Gasteiger partial charge in [-0.3, -0.25) is 19.6 Å². The average molecular weight is 787 g/mol. The molecule has 0 aliphatic rings. The summed E-state index contributed by atoms with van der Waals surface area (Å²) in [4.78, 5) is 45.3. The number of nitrogens with one attached hydrogen (secondary N) is 1. The van der Waals surface area contributed by atoms with Gasteiger partial charge in [-0.15, -0.1) is 22.7 Å². The van der Waals surface area contributed by atoms with Gasteiger partial charge in [-0.2, -0.15) is 0 Å². The van der Waals surface area contributed by atoms with E-state index in [1.54, 1.807) is 52.0 Å². The summed E-state index contributed by atoms with van der Waals surface area (Å²) in [5, 5.41) is 21.7. The van der Waals surface area contributed by atoms with Crippen LogP contribution < -0.4 is 9.47 Å². The molecule has 3 N–H and O–H groups in total. The number of fused-ring (bicyclic) bond motifs is 2. The van der Waals surface area contributed by atoms with Crippen molar-refractivity contribution >= 4 is 56.4 Å². The first-order chi connectivity index (χ1) is 27.2. The molecule has 6 heterocycles. The highest BCUT2D eigenvalue weighted by atomic mass is 32.1. The van der Waals surface area contributed by atoms with Crippen LogP contribution in [0.15, 0.2) is 104 Å². The molecule has 0 saturated heterocycles. The topological polar surface area (TPSA) is 165 Å². The Morgan fingerprint density at radius 1 is 0.804 bits per heavy atom. The molecule has 12 nitrogen and oxygen atoms in total. The fraction of sp³-hybridized carbons (Fsp3) is 0.190. The van der Waals surface area contributed by atoms with Gasteiger partial charge in [0.2, 0.25) is 0 Å². The second kappa shape index (κ2) is 17.4. The second-order valence-electron chi connectivity index (χ2n) is 12.8. The summed E-state index contributed by atoms with van der Waals surface area (Å²) in [7, 11) is 0. The van der Waals surface area contributed by atoms with Gasteiger partial charge < -0.3 is 29.2 Å². The van der Waals surface area contributed by atoms with Crippen LogP contribution in [0.4, 0.5) is 0 Å². The number of rotatable bonds is 14. The molecule has 0 bridgehead atoms. The first-order valence-electron chi connectivity index (χ1n) is 17.8. The summed E-state index contributed by atoms with van der Waals surface area (Å²) in [5.41, 5.74) is 6.50. The normalized spacial score (nSPS) is 11.0. The number of carboxylic acids is 2. The van der Waals surface area contributed by atoms with Gasteiger partial charge in [0.15, 0.2) is 0 Å². The maximum Gasteiger partial charge on any atom is 0.323 e. The summed E-state index contributed by atoms with van der Waals surface area (Å²) in [6, 6.07) is 23.0. The van der Waals surface area contributed by atoms with Crippen molar-refractivity contribution in [3.63, 3.8) is 0 Å². The maximum absolute atomic E-state index is 11.0. The fourth-order valence-corrected chi connectivity index (χ4v) is 8.06. The Morgan fingerprint density at radius 2 is 1.54 bits per heavy atom. The molecule has 0 unspecified atom stereocenters. The number of thiazole rings is 2. The van der Waals surface area contributed by atoms with Crippen molar-refractivity contribution in [3.05, 3.63) is 130 Å². The van der Waals surface area contributed by atoms with Crippen molar-refractivity contribution in [2.75, 3.05) is 13.2 Å². The van der Waals surface area contributed by atoms with Gasteiger partial charge in [0.05, 0.1) is 36.7 Å². The molecule has 14 heteroatoms. The highest BCUT2D eigenvalue weighted by molar-refractivity contribution is 7.15. The van der Waals surface area contributed by atoms with Crippen molar-refractivity contribution in [3.8, 4) is 32.8 Å². The van der Waals surface area contributed by atoms with E-state index in [-0.39, 0.29) is 13.0 Å². The molecule has 0 aliphatic heterocycles. The third kappa shape index (κ3) is 9.28. The smallest absolute Gasteiger partial charge is 0.323 e. The Balaban J connectivity index is 0.000000172. The molecule has 8 rings (SSSR count). The minimum atomic E-state index is -0.860. The first kappa shape index (κ1) is 37.9. The van der Waals surface area contributed by atoms with Crippen molar-refractivity contribution in [2.45, 2.75) is 39.7 Å². The van der Waals surface area contributed by atoms with Crippen molar-refractivity contribution < 1.29 is 29.3 Å². The maximum atomic E-state index is 11.0. The van der Waals surface area contributed by atoms with Crippen molar-refractivity contribution in [2.24, 2.45) is 0 Å². The Kier molecular flexibility index (Phi) is 11.8. The van der Waals surface area contributed by atoms with E-state index in [4.69, 9.17) is 29.7 Å². The molecule has 2 aromatic carbocycles. The monoisotopic (exact) mass is 786 g/mol. The molecule has 0 spiro atoms. The zero-order chi connectivity index (χ0) is 39.0. The number of aromatic nitrogens is 6. The lowest BCUT2D eigenvalue weighted by Gasteiger charge is -2.07. The van der Waals surface area contributed by atoms with E-state index in [0.29, 0.717) is 26.1 Å². The van der Waals surface area contributed by atoms with E-state index in [1.807, 2.05) is 79.0 Å². The van der Waals surface area contributed by atoms with E-state index in [2.05, 4.69) is 28.8 Å². The molecule has 284 valence electrons. The van der Waals surface area contributed by atoms with Gasteiger partial charge in [-0.1, -0.05) is 6.07 Å². The number of aryl methyl sites for hydroxylation is 2. The van der Waals surface area contributed by atoms with Crippen LogP contribution in [-0.2, 0) is 35.4 Å². The second-order valence-corrected chi connectivity index (χ2v) is 15.3. The number of aromatic amines is 1. The predicted octanol–water partition coefficient (Wildman–Crippen LogP) is 8.42. The van der Waals surface area contributed by atoms with Gasteiger partial charge in [-0.05, 0) is 86.1 Å².